The van der Waals surface area contributed by atoms with Gasteiger partial charge in [-0.1, -0.05) is 92.7 Å². The number of rotatable bonds is 9. The maximum atomic E-state index is 15.0. The van der Waals surface area contributed by atoms with Crippen LogP contribution in [0.25, 0.3) is 10.8 Å². The van der Waals surface area contributed by atoms with Gasteiger partial charge in [-0.3, -0.25) is 0 Å². The zero-order valence-electron chi connectivity index (χ0n) is 22.3. The summed E-state index contributed by atoms with van der Waals surface area (Å²) in [7, 11) is 0. The molecule has 0 N–H and O–H groups in total. The van der Waals surface area contributed by atoms with E-state index < -0.39 is 0 Å². The van der Waals surface area contributed by atoms with E-state index in [9.17, 15) is 0 Å². The number of aryl methyl sites for hydroxylation is 2. The highest BCUT2D eigenvalue weighted by Crippen LogP contribution is 2.24. The van der Waals surface area contributed by atoms with Crippen LogP contribution >= 0.6 is 0 Å². The van der Waals surface area contributed by atoms with Crippen LogP contribution in [0.1, 0.15) is 78.8 Å². The van der Waals surface area contributed by atoms with E-state index in [4.69, 9.17) is 0 Å². The molecule has 0 saturated heterocycles. The van der Waals surface area contributed by atoms with Gasteiger partial charge >= 0.3 is 0 Å². The molecular weight excluding hydrogens is 463 g/mol. The minimum atomic E-state index is -0.0853. The van der Waals surface area contributed by atoms with Gasteiger partial charge < -0.3 is 0 Å². The molecule has 0 spiro atoms. The van der Waals surface area contributed by atoms with Crippen LogP contribution in [0.5, 0.6) is 0 Å². The average molecular weight is 499 g/mol. The molecule has 0 atom stereocenters. The molecule has 0 aliphatic rings. The van der Waals surface area contributed by atoms with E-state index >= 15 is 4.39 Å². The fourth-order valence-corrected chi connectivity index (χ4v) is 4.48. The topological polar surface area (TPSA) is 0 Å². The Bertz CT molecular complexity index is 1480. The van der Waals surface area contributed by atoms with Gasteiger partial charge in [0.15, 0.2) is 0 Å². The van der Waals surface area contributed by atoms with Gasteiger partial charge in [0, 0.05) is 27.6 Å². The minimum Gasteiger partial charge on any atom is -0.206 e. The second kappa shape index (κ2) is 14.0. The third-order valence-electron chi connectivity index (χ3n) is 6.76. The molecule has 0 aliphatic carbocycles. The van der Waals surface area contributed by atoms with E-state index in [-0.39, 0.29) is 5.82 Å². The highest BCUT2D eigenvalue weighted by Gasteiger charge is 2.07. The second-order valence-corrected chi connectivity index (χ2v) is 9.74. The normalized spacial score (nSPS) is 10.4. The molecule has 0 amide bonds. The fourth-order valence-electron chi connectivity index (χ4n) is 4.48. The smallest absolute Gasteiger partial charge is 0.134 e. The molecule has 1 heteroatoms. The number of unbranched alkanes of at least 4 members (excludes halogenated alkanes) is 4. The SMILES string of the molecule is C=CCCc1ccc(C#Cc2ccc(C#Cc3ccc4c(F)c(CCCCCCC)ccc4c3)cc2)cc1. The molecule has 38 heavy (non-hydrogen) atoms. The molecule has 0 radical (unpaired) electrons. The first-order chi connectivity index (χ1) is 18.7. The lowest BCUT2D eigenvalue weighted by Gasteiger charge is -2.07. The van der Waals surface area contributed by atoms with Crippen molar-refractivity contribution < 1.29 is 4.39 Å². The van der Waals surface area contributed by atoms with Gasteiger partial charge in [-0.25, -0.2) is 4.39 Å². The van der Waals surface area contributed by atoms with Gasteiger partial charge in [-0.05, 0) is 90.7 Å². The molecule has 0 aliphatic heterocycles. The average Bonchev–Trinajstić information content (AvgIpc) is 2.96. The summed E-state index contributed by atoms with van der Waals surface area (Å²) >= 11 is 0. The van der Waals surface area contributed by atoms with E-state index in [1.807, 2.05) is 60.7 Å². The van der Waals surface area contributed by atoms with Crippen LogP contribution in [0.3, 0.4) is 0 Å². The maximum Gasteiger partial charge on any atom is 0.134 e. The van der Waals surface area contributed by atoms with Gasteiger partial charge in [-0.15, -0.1) is 6.58 Å². The predicted octanol–water partition coefficient (Wildman–Crippen LogP) is 9.41. The summed E-state index contributed by atoms with van der Waals surface area (Å²) < 4.78 is 15.0. The summed E-state index contributed by atoms with van der Waals surface area (Å²) in [6.45, 7) is 5.99. The maximum absolute atomic E-state index is 15.0. The Balaban J connectivity index is 1.39. The molecule has 190 valence electrons. The summed E-state index contributed by atoms with van der Waals surface area (Å²) in [6, 6.07) is 26.1. The minimum absolute atomic E-state index is 0.0853. The van der Waals surface area contributed by atoms with Gasteiger partial charge in [0.05, 0.1) is 0 Å². The molecule has 0 saturated carbocycles. The van der Waals surface area contributed by atoms with Crippen LogP contribution < -0.4 is 0 Å². The van der Waals surface area contributed by atoms with Gasteiger partial charge in [0.1, 0.15) is 5.82 Å². The van der Waals surface area contributed by atoms with Gasteiger partial charge in [0.25, 0.3) is 0 Å². The lowest BCUT2D eigenvalue weighted by Crippen LogP contribution is -1.93. The van der Waals surface area contributed by atoms with Crippen molar-refractivity contribution in [3.05, 3.63) is 131 Å². The third kappa shape index (κ3) is 7.71. The molecule has 4 aromatic carbocycles. The van der Waals surface area contributed by atoms with Crippen LogP contribution in [0, 0.1) is 29.5 Å². The first-order valence-corrected chi connectivity index (χ1v) is 13.7. The van der Waals surface area contributed by atoms with E-state index in [1.165, 1.54) is 24.8 Å². The van der Waals surface area contributed by atoms with Crippen LogP contribution in [-0.4, -0.2) is 0 Å². The molecule has 0 bridgehead atoms. The lowest BCUT2D eigenvalue weighted by molar-refractivity contribution is 0.595. The molecule has 0 nitrogen and oxygen atoms in total. The number of fused-ring (bicyclic) bond motifs is 1. The molecule has 4 rings (SSSR count). The first-order valence-electron chi connectivity index (χ1n) is 13.7. The summed E-state index contributed by atoms with van der Waals surface area (Å²) in [5.41, 5.74) is 5.87. The molecule has 0 unspecified atom stereocenters. The number of allylic oxidation sites excluding steroid dienone is 1. The van der Waals surface area contributed by atoms with E-state index in [0.717, 1.165) is 65.3 Å². The number of hydrogen-bond donors (Lipinski definition) is 0. The van der Waals surface area contributed by atoms with Crippen molar-refractivity contribution in [3.63, 3.8) is 0 Å². The van der Waals surface area contributed by atoms with Gasteiger partial charge in [-0.2, -0.15) is 0 Å². The quantitative estimate of drug-likeness (QED) is 0.122. The number of benzene rings is 4. The van der Waals surface area contributed by atoms with Crippen molar-refractivity contribution in [3.8, 4) is 23.7 Å². The first kappa shape index (κ1) is 27.0. The lowest BCUT2D eigenvalue weighted by atomic mass is 9.99. The van der Waals surface area contributed by atoms with Crippen LogP contribution in [0.15, 0.2) is 91.5 Å². The summed E-state index contributed by atoms with van der Waals surface area (Å²) in [4.78, 5) is 0. The van der Waals surface area contributed by atoms with Crippen molar-refractivity contribution in [1.29, 1.82) is 0 Å². The molecule has 4 aromatic rings. The fraction of sp³-hybridized carbons (Fsp3) is 0.243. The van der Waals surface area contributed by atoms with E-state index in [0.29, 0.717) is 5.39 Å². The Hall–Kier alpha value is -4.07. The Morgan fingerprint density at radius 3 is 1.87 bits per heavy atom. The van der Waals surface area contributed by atoms with Crippen LogP contribution in [-0.2, 0) is 12.8 Å². The van der Waals surface area contributed by atoms with Crippen molar-refractivity contribution in [2.75, 3.05) is 0 Å². The highest BCUT2D eigenvalue weighted by atomic mass is 19.1. The highest BCUT2D eigenvalue weighted by molar-refractivity contribution is 5.85. The number of hydrogen-bond acceptors (Lipinski definition) is 0. The van der Waals surface area contributed by atoms with E-state index in [1.54, 1.807) is 0 Å². The Labute approximate surface area is 227 Å². The number of halogens is 1. The Kier molecular flexibility index (Phi) is 9.96. The zero-order chi connectivity index (χ0) is 26.6. The second-order valence-electron chi connectivity index (χ2n) is 9.74. The summed E-state index contributed by atoms with van der Waals surface area (Å²) in [5, 5.41) is 1.57. The standard InChI is InChI=1S/C37H35F/c1-3-5-7-8-9-11-34-25-26-35-28-33(24-27-36(35)37(34)38)23-22-32-20-18-31(19-21-32)17-16-30-14-12-29(13-15-30)10-6-4-2/h4,12-15,18-21,24-28H,2-3,5-11H2,1H3. The molecule has 0 heterocycles. The predicted molar refractivity (Wildman–Crippen MR) is 160 cm³/mol. The zero-order valence-corrected chi connectivity index (χ0v) is 22.3. The third-order valence-corrected chi connectivity index (χ3v) is 6.76. The molecular formula is C37H35F. The van der Waals surface area contributed by atoms with Crippen LogP contribution in [0.2, 0.25) is 0 Å². The van der Waals surface area contributed by atoms with Crippen molar-refractivity contribution in [2.45, 2.75) is 58.3 Å². The summed E-state index contributed by atoms with van der Waals surface area (Å²) in [5.74, 6) is 12.8. The Morgan fingerprint density at radius 1 is 0.658 bits per heavy atom. The van der Waals surface area contributed by atoms with Crippen molar-refractivity contribution in [1.82, 2.24) is 0 Å². The summed E-state index contributed by atoms with van der Waals surface area (Å²) in [6.07, 6.45) is 10.7. The van der Waals surface area contributed by atoms with E-state index in [2.05, 4.69) is 61.4 Å². The Morgan fingerprint density at radius 2 is 1.24 bits per heavy atom. The molecule has 0 fully saturated rings. The monoisotopic (exact) mass is 498 g/mol. The van der Waals surface area contributed by atoms with Crippen molar-refractivity contribution in [2.24, 2.45) is 0 Å². The molecule has 0 aromatic heterocycles. The largest absolute Gasteiger partial charge is 0.206 e. The van der Waals surface area contributed by atoms with Crippen molar-refractivity contribution >= 4 is 10.8 Å². The van der Waals surface area contributed by atoms with Gasteiger partial charge in [0.2, 0.25) is 0 Å². The van der Waals surface area contributed by atoms with Crippen LogP contribution in [0.4, 0.5) is 4.39 Å².